The van der Waals surface area contributed by atoms with Gasteiger partial charge in [-0.15, -0.1) is 0 Å². The van der Waals surface area contributed by atoms with E-state index < -0.39 is 0 Å². The number of ether oxygens (including phenoxy) is 2. The van der Waals surface area contributed by atoms with Crippen LogP contribution in [0.4, 0.5) is 0 Å². The topological polar surface area (TPSA) is 60.5 Å². The smallest absolute Gasteiger partial charge is 0.245 e. The van der Waals surface area contributed by atoms with Gasteiger partial charge in [-0.05, 0) is 141 Å². The van der Waals surface area contributed by atoms with E-state index in [9.17, 15) is 4.79 Å². The molecule has 1 N–H and O–H groups in total. The molecule has 2 unspecified atom stereocenters. The van der Waals surface area contributed by atoms with Gasteiger partial charge in [-0.25, -0.2) is 0 Å². The van der Waals surface area contributed by atoms with Crippen LogP contribution in [0.15, 0.2) is 0 Å². The maximum Gasteiger partial charge on any atom is 0.245 e. The number of nitrogens with one attached hydrogen (secondary N) is 1. The van der Waals surface area contributed by atoms with Crippen LogP contribution in [0.1, 0.15) is 78.1 Å². The Hall–Kier alpha value is -0.770. The van der Waals surface area contributed by atoms with E-state index in [4.69, 9.17) is 9.47 Å². The summed E-state index contributed by atoms with van der Waals surface area (Å²) in [7, 11) is 4.02. The Morgan fingerprint density at radius 1 is 0.833 bits per heavy atom. The molecule has 0 aromatic rings. The average molecular weight is 592 g/mol. The van der Waals surface area contributed by atoms with Gasteiger partial charge in [0.2, 0.25) is 5.91 Å². The highest BCUT2D eigenvalue weighted by molar-refractivity contribution is 5.76. The first-order valence-electron chi connectivity index (χ1n) is 17.6. The van der Waals surface area contributed by atoms with Gasteiger partial charge in [0.15, 0.2) is 0 Å². The molecule has 42 heavy (non-hydrogen) atoms. The highest BCUT2D eigenvalue weighted by atomic mass is 16.5. The van der Waals surface area contributed by atoms with Crippen LogP contribution in [0, 0.1) is 23.7 Å². The second kappa shape index (κ2) is 18.3. The highest BCUT2D eigenvalue weighted by Crippen LogP contribution is 2.32. The Morgan fingerprint density at radius 2 is 1.50 bits per heavy atom. The molecule has 3 atom stereocenters. The minimum Gasteiger partial charge on any atom is -0.379 e. The predicted molar refractivity (Wildman–Crippen MR) is 172 cm³/mol. The molecule has 0 saturated carbocycles. The van der Waals surface area contributed by atoms with E-state index in [-0.39, 0.29) is 12.5 Å². The quantitative estimate of drug-likeness (QED) is 0.291. The van der Waals surface area contributed by atoms with Crippen LogP contribution in [0.3, 0.4) is 0 Å². The molecule has 4 rings (SSSR count). The fraction of sp³-hybridized carbons (Fsp3) is 0.971. The molecule has 4 fully saturated rings. The molecule has 0 aromatic carbocycles. The van der Waals surface area contributed by atoms with Gasteiger partial charge >= 0.3 is 0 Å². The van der Waals surface area contributed by atoms with Crippen molar-refractivity contribution in [2.24, 2.45) is 23.7 Å². The van der Waals surface area contributed by atoms with Crippen molar-refractivity contribution >= 4 is 5.91 Å². The number of hydrogen-bond acceptors (Lipinski definition) is 7. The number of hydrogen-bond donors (Lipinski definition) is 1. The zero-order chi connectivity index (χ0) is 29.7. The molecule has 1 amide bonds. The van der Waals surface area contributed by atoms with Crippen molar-refractivity contribution in [1.29, 1.82) is 0 Å². The van der Waals surface area contributed by atoms with Crippen molar-refractivity contribution in [3.8, 4) is 0 Å². The number of piperidine rings is 4. The summed E-state index contributed by atoms with van der Waals surface area (Å²) in [6.07, 6.45) is 13.6. The molecule has 0 spiro atoms. The summed E-state index contributed by atoms with van der Waals surface area (Å²) in [6.45, 7) is 18.3. The van der Waals surface area contributed by atoms with Gasteiger partial charge in [0.05, 0.1) is 13.2 Å². The Bertz CT molecular complexity index is 747. The first-order valence-corrected chi connectivity index (χ1v) is 17.6. The summed E-state index contributed by atoms with van der Waals surface area (Å²) in [4.78, 5) is 22.2. The molecular formula is C34H65N5O3. The van der Waals surface area contributed by atoms with Gasteiger partial charge < -0.3 is 34.4 Å². The molecule has 244 valence electrons. The van der Waals surface area contributed by atoms with E-state index in [2.05, 4.69) is 45.8 Å². The first kappa shape index (κ1) is 34.1. The molecule has 8 nitrogen and oxygen atoms in total. The van der Waals surface area contributed by atoms with E-state index in [1.165, 1.54) is 117 Å². The van der Waals surface area contributed by atoms with E-state index in [0.717, 1.165) is 42.9 Å². The molecule has 0 aromatic heterocycles. The second-order valence-corrected chi connectivity index (χ2v) is 14.5. The van der Waals surface area contributed by atoms with Crippen LogP contribution in [0.5, 0.6) is 0 Å². The molecule has 4 heterocycles. The van der Waals surface area contributed by atoms with E-state index in [1.54, 1.807) is 7.05 Å². The SMILES string of the molecule is CNC(=O)COCCOCC[C@H](C)CN1CCC(N2CCC(CC3CC(CN4CCC(C)CC4)CCN3C)CC2)CC1. The van der Waals surface area contributed by atoms with E-state index >= 15 is 0 Å². The Balaban J connectivity index is 1.05. The zero-order valence-corrected chi connectivity index (χ0v) is 27.7. The van der Waals surface area contributed by atoms with Crippen LogP contribution in [-0.2, 0) is 14.3 Å². The van der Waals surface area contributed by atoms with Crippen molar-refractivity contribution in [3.63, 3.8) is 0 Å². The third-order valence-corrected chi connectivity index (χ3v) is 11.0. The molecule has 8 heteroatoms. The first-order chi connectivity index (χ1) is 20.4. The standard InChI is InChI=1S/C34H65N5O3/c1-28-5-14-38(15-6-28)26-31-7-13-36(4)33(24-31)23-30-8-18-39(19-9-30)32-10-16-37(17-11-32)25-29(2)12-20-41-21-22-42-27-34(40)35-3/h28-33H,5-27H2,1-4H3,(H,35,40)/t29-,31?,33?/m0/s1. The van der Waals surface area contributed by atoms with Crippen LogP contribution in [0.25, 0.3) is 0 Å². The summed E-state index contributed by atoms with van der Waals surface area (Å²) in [5, 5.41) is 2.56. The van der Waals surface area contributed by atoms with E-state index in [0.29, 0.717) is 19.1 Å². The summed E-state index contributed by atoms with van der Waals surface area (Å²) >= 11 is 0. The van der Waals surface area contributed by atoms with Gasteiger partial charge in [0.1, 0.15) is 6.61 Å². The maximum absolute atomic E-state index is 11.2. The van der Waals surface area contributed by atoms with Crippen molar-refractivity contribution in [1.82, 2.24) is 24.9 Å². The third kappa shape index (κ3) is 11.6. The van der Waals surface area contributed by atoms with Gasteiger partial charge in [0, 0.05) is 38.8 Å². The lowest BCUT2D eigenvalue weighted by molar-refractivity contribution is -0.125. The van der Waals surface area contributed by atoms with Crippen molar-refractivity contribution in [2.45, 2.75) is 90.1 Å². The van der Waals surface area contributed by atoms with Gasteiger partial charge in [0.25, 0.3) is 0 Å². The highest BCUT2D eigenvalue weighted by Gasteiger charge is 2.33. The van der Waals surface area contributed by atoms with Crippen LogP contribution in [0.2, 0.25) is 0 Å². The molecule has 0 radical (unpaired) electrons. The van der Waals surface area contributed by atoms with Crippen LogP contribution in [-0.4, -0.2) is 137 Å². The molecule has 4 saturated heterocycles. The predicted octanol–water partition coefficient (Wildman–Crippen LogP) is 3.80. The summed E-state index contributed by atoms with van der Waals surface area (Å²) < 4.78 is 11.0. The Morgan fingerprint density at radius 3 is 2.21 bits per heavy atom. The molecule has 0 bridgehead atoms. The number of carbonyl (C=O) groups excluding carboxylic acids is 1. The van der Waals surface area contributed by atoms with Gasteiger partial charge in [-0.1, -0.05) is 13.8 Å². The lowest BCUT2D eigenvalue weighted by atomic mass is 9.82. The number of amides is 1. The zero-order valence-electron chi connectivity index (χ0n) is 27.7. The second-order valence-electron chi connectivity index (χ2n) is 14.5. The minimum absolute atomic E-state index is 0.0919. The fourth-order valence-corrected chi connectivity index (χ4v) is 7.98. The average Bonchev–Trinajstić information content (AvgIpc) is 3.00. The normalized spacial score (nSPS) is 27.8. The Labute approximate surface area is 258 Å². The van der Waals surface area contributed by atoms with Crippen LogP contribution >= 0.6 is 0 Å². The number of nitrogens with zero attached hydrogens (tertiary/aromatic N) is 4. The number of likely N-dealkylation sites (tertiary alicyclic amines) is 4. The van der Waals surface area contributed by atoms with Gasteiger partial charge in [-0.3, -0.25) is 4.79 Å². The maximum atomic E-state index is 11.2. The summed E-state index contributed by atoms with van der Waals surface area (Å²) in [5.41, 5.74) is 0. The molecule has 4 aliphatic heterocycles. The molecule has 0 aliphatic carbocycles. The van der Waals surface area contributed by atoms with Crippen molar-refractivity contribution < 1.29 is 14.3 Å². The molecular weight excluding hydrogens is 526 g/mol. The van der Waals surface area contributed by atoms with Gasteiger partial charge in [-0.2, -0.15) is 0 Å². The monoisotopic (exact) mass is 592 g/mol. The fourth-order valence-electron chi connectivity index (χ4n) is 7.98. The largest absolute Gasteiger partial charge is 0.379 e. The lowest BCUT2D eigenvalue weighted by Crippen LogP contribution is -2.49. The van der Waals surface area contributed by atoms with Crippen molar-refractivity contribution in [3.05, 3.63) is 0 Å². The summed E-state index contributed by atoms with van der Waals surface area (Å²) in [5.74, 6) is 3.33. The van der Waals surface area contributed by atoms with Crippen molar-refractivity contribution in [2.75, 3.05) is 99.4 Å². The number of likely N-dealkylation sites (N-methyl/N-ethyl adjacent to an activating group) is 1. The summed E-state index contributed by atoms with van der Waals surface area (Å²) in [6, 6.07) is 1.60. The third-order valence-electron chi connectivity index (χ3n) is 11.0. The number of rotatable bonds is 15. The lowest BCUT2D eigenvalue weighted by Gasteiger charge is -2.44. The van der Waals surface area contributed by atoms with E-state index in [1.807, 2.05) is 0 Å². The molecule has 4 aliphatic rings. The van der Waals surface area contributed by atoms with Crippen LogP contribution < -0.4 is 5.32 Å². The Kier molecular flexibility index (Phi) is 14.8. The minimum atomic E-state index is -0.0919. The number of carbonyl (C=O) groups is 1.